The van der Waals surface area contributed by atoms with Gasteiger partial charge in [0.05, 0.1) is 16.7 Å². The third kappa shape index (κ3) is 6.77. The smallest absolute Gasteiger partial charge is 0.329 e. The molecule has 8 nitrogen and oxygen atoms in total. The van der Waals surface area contributed by atoms with E-state index in [1.54, 1.807) is 17.5 Å². The summed E-state index contributed by atoms with van der Waals surface area (Å²) in [5.41, 5.74) is 1.99. The molecule has 0 spiro atoms. The molecule has 1 saturated heterocycles. The van der Waals surface area contributed by atoms with Crippen molar-refractivity contribution in [2.75, 3.05) is 29.9 Å². The molecule has 1 fully saturated rings. The Labute approximate surface area is 202 Å². The molecule has 0 aliphatic carbocycles. The maximum atomic E-state index is 10.6. The van der Waals surface area contributed by atoms with Crippen molar-refractivity contribution in [1.29, 1.82) is 0 Å². The summed E-state index contributed by atoms with van der Waals surface area (Å²) in [7, 11) is 0. The van der Waals surface area contributed by atoms with Crippen molar-refractivity contribution in [3.63, 3.8) is 0 Å². The van der Waals surface area contributed by atoms with E-state index in [4.69, 9.17) is 14.8 Å². The second kappa shape index (κ2) is 12.0. The quantitative estimate of drug-likeness (QED) is 0.489. The number of thiazole rings is 1. The molecule has 1 aliphatic rings. The Balaban J connectivity index is 0.00000181. The van der Waals surface area contributed by atoms with E-state index in [-0.39, 0.29) is 37.5 Å². The van der Waals surface area contributed by atoms with Gasteiger partial charge in [0.1, 0.15) is 18.2 Å². The normalized spacial score (nSPS) is 13.7. The van der Waals surface area contributed by atoms with Gasteiger partial charge in [-0.05, 0) is 49.6 Å². The average Bonchev–Trinajstić information content (AvgIpc) is 3.23. The Bertz CT molecular complexity index is 1030. The summed E-state index contributed by atoms with van der Waals surface area (Å²) in [6.07, 6.45) is 5.21. The van der Waals surface area contributed by atoms with Gasteiger partial charge in [0.15, 0.2) is 5.13 Å². The molecule has 32 heavy (non-hydrogen) atoms. The molecule has 0 aromatic carbocycles. The van der Waals surface area contributed by atoms with Gasteiger partial charge in [0, 0.05) is 25.5 Å². The highest BCUT2D eigenvalue weighted by atomic mass is 35.5. The van der Waals surface area contributed by atoms with E-state index in [9.17, 15) is 4.79 Å². The van der Waals surface area contributed by atoms with Gasteiger partial charge in [0.25, 0.3) is 0 Å². The van der Waals surface area contributed by atoms with Gasteiger partial charge in [0.2, 0.25) is 0 Å². The number of nitrogens with zero attached hydrogens (tertiary/aromatic N) is 4. The van der Waals surface area contributed by atoms with Crippen molar-refractivity contribution >= 4 is 58.9 Å². The van der Waals surface area contributed by atoms with Crippen molar-refractivity contribution in [3.8, 4) is 10.6 Å². The number of aryl methyl sites for hydroxylation is 1. The van der Waals surface area contributed by atoms with E-state index < -0.39 is 5.97 Å². The van der Waals surface area contributed by atoms with Crippen LogP contribution in [0, 0.1) is 6.92 Å². The first-order valence-electron chi connectivity index (χ1n) is 9.78. The zero-order valence-corrected chi connectivity index (χ0v) is 19.9. The molecule has 0 radical (unpaired) electrons. The van der Waals surface area contributed by atoms with Crippen LogP contribution in [0.15, 0.2) is 42.7 Å². The SMILES string of the molecule is Cc1ccnc(Nc2cccc(-c3cnc(N4CCC(OCC(=O)O)CC4)s3)n2)c1.Cl.Cl. The molecule has 1 aliphatic heterocycles. The van der Waals surface area contributed by atoms with Crippen LogP contribution in [0.3, 0.4) is 0 Å². The lowest BCUT2D eigenvalue weighted by Gasteiger charge is -2.31. The standard InChI is InChI=1S/C21H23N5O3S.2ClH/c1-14-5-8-22-19(11-14)25-18-4-2-3-16(24-18)17-12-23-21(30-17)26-9-6-15(7-10-26)29-13-20(27)28;;/h2-5,8,11-12,15H,6-7,9-10,13H2,1H3,(H,27,28)(H,22,24,25);2*1H. The minimum atomic E-state index is -0.926. The summed E-state index contributed by atoms with van der Waals surface area (Å²) in [5.74, 6) is 0.568. The van der Waals surface area contributed by atoms with Crippen molar-refractivity contribution in [3.05, 3.63) is 48.3 Å². The number of anilines is 3. The van der Waals surface area contributed by atoms with Gasteiger partial charge < -0.3 is 20.1 Å². The molecule has 3 aromatic heterocycles. The minimum Gasteiger partial charge on any atom is -0.480 e. The van der Waals surface area contributed by atoms with Crippen molar-refractivity contribution < 1.29 is 14.6 Å². The second-order valence-corrected chi connectivity index (χ2v) is 8.16. The number of nitrogens with one attached hydrogen (secondary N) is 1. The molecule has 0 unspecified atom stereocenters. The Hall–Kier alpha value is -2.46. The fraction of sp³-hybridized carbons (Fsp3) is 0.333. The van der Waals surface area contributed by atoms with Gasteiger partial charge in [-0.25, -0.2) is 19.7 Å². The highest BCUT2D eigenvalue weighted by Crippen LogP contribution is 2.32. The third-order valence-electron chi connectivity index (χ3n) is 4.82. The number of carbonyl (C=O) groups is 1. The summed E-state index contributed by atoms with van der Waals surface area (Å²) in [5, 5.41) is 12.9. The highest BCUT2D eigenvalue weighted by Gasteiger charge is 2.22. The Kier molecular flexibility index (Phi) is 9.64. The van der Waals surface area contributed by atoms with E-state index in [0.29, 0.717) is 0 Å². The number of aromatic nitrogens is 3. The van der Waals surface area contributed by atoms with E-state index in [2.05, 4.69) is 20.2 Å². The number of ether oxygens (including phenoxy) is 1. The van der Waals surface area contributed by atoms with Gasteiger partial charge in [-0.1, -0.05) is 17.4 Å². The van der Waals surface area contributed by atoms with Crippen molar-refractivity contribution in [2.24, 2.45) is 0 Å². The number of hydrogen-bond donors (Lipinski definition) is 2. The van der Waals surface area contributed by atoms with Crippen LogP contribution in [0.5, 0.6) is 0 Å². The lowest BCUT2D eigenvalue weighted by Crippen LogP contribution is -2.37. The van der Waals surface area contributed by atoms with Crippen LogP contribution in [0.2, 0.25) is 0 Å². The molecular formula is C21H25Cl2N5O3S. The number of hydrogen-bond acceptors (Lipinski definition) is 8. The number of piperidine rings is 1. The summed E-state index contributed by atoms with van der Waals surface area (Å²) in [6, 6.07) is 9.78. The Morgan fingerprint density at radius 3 is 2.72 bits per heavy atom. The molecule has 172 valence electrons. The monoisotopic (exact) mass is 497 g/mol. The number of pyridine rings is 2. The molecule has 0 atom stereocenters. The first-order chi connectivity index (χ1) is 14.6. The molecule has 0 amide bonds. The summed E-state index contributed by atoms with van der Waals surface area (Å²) < 4.78 is 5.41. The maximum Gasteiger partial charge on any atom is 0.329 e. The second-order valence-electron chi connectivity index (χ2n) is 7.15. The van der Waals surface area contributed by atoms with E-state index >= 15 is 0 Å². The summed E-state index contributed by atoms with van der Waals surface area (Å²) in [4.78, 5) is 27.5. The molecule has 2 N–H and O–H groups in total. The van der Waals surface area contributed by atoms with Crippen LogP contribution >= 0.6 is 36.2 Å². The lowest BCUT2D eigenvalue weighted by atomic mass is 10.1. The van der Waals surface area contributed by atoms with Gasteiger partial charge in [-0.15, -0.1) is 24.8 Å². The molecule has 0 saturated carbocycles. The van der Waals surface area contributed by atoms with E-state index in [1.807, 2.05) is 43.5 Å². The zero-order chi connectivity index (χ0) is 20.9. The number of halogens is 2. The first kappa shape index (κ1) is 25.8. The van der Waals surface area contributed by atoms with Gasteiger partial charge in [-0.3, -0.25) is 0 Å². The minimum absolute atomic E-state index is 0. The summed E-state index contributed by atoms with van der Waals surface area (Å²) in [6.45, 7) is 3.38. The van der Waals surface area contributed by atoms with Crippen molar-refractivity contribution in [1.82, 2.24) is 15.0 Å². The fourth-order valence-electron chi connectivity index (χ4n) is 3.31. The lowest BCUT2D eigenvalue weighted by molar-refractivity contribution is -0.144. The third-order valence-corrected chi connectivity index (χ3v) is 5.90. The largest absolute Gasteiger partial charge is 0.480 e. The van der Waals surface area contributed by atoms with E-state index in [1.165, 1.54) is 0 Å². The Morgan fingerprint density at radius 1 is 1.22 bits per heavy atom. The highest BCUT2D eigenvalue weighted by molar-refractivity contribution is 7.18. The molecule has 11 heteroatoms. The van der Waals surface area contributed by atoms with E-state index in [0.717, 1.165) is 58.8 Å². The number of aliphatic carboxylic acids is 1. The number of rotatable bonds is 7. The molecular weight excluding hydrogens is 473 g/mol. The van der Waals surface area contributed by atoms with Gasteiger partial charge >= 0.3 is 5.97 Å². The van der Waals surface area contributed by atoms with Crippen LogP contribution in [-0.4, -0.2) is 51.8 Å². The molecule has 3 aromatic rings. The molecule has 4 heterocycles. The number of carboxylic acid groups (broad SMARTS) is 1. The first-order valence-corrected chi connectivity index (χ1v) is 10.6. The zero-order valence-electron chi connectivity index (χ0n) is 17.4. The van der Waals surface area contributed by atoms with Crippen LogP contribution in [0.4, 0.5) is 16.8 Å². The van der Waals surface area contributed by atoms with Crippen molar-refractivity contribution in [2.45, 2.75) is 25.9 Å². The van der Waals surface area contributed by atoms with Gasteiger partial charge in [-0.2, -0.15) is 0 Å². The Morgan fingerprint density at radius 2 is 2.00 bits per heavy atom. The topological polar surface area (TPSA) is 100 Å². The van der Waals surface area contributed by atoms with Crippen LogP contribution in [0.1, 0.15) is 18.4 Å². The van der Waals surface area contributed by atoms with Crippen LogP contribution in [-0.2, 0) is 9.53 Å². The van der Waals surface area contributed by atoms with Crippen LogP contribution < -0.4 is 10.2 Å². The van der Waals surface area contributed by atoms with Crippen LogP contribution in [0.25, 0.3) is 10.6 Å². The fourth-order valence-corrected chi connectivity index (χ4v) is 4.25. The molecule has 4 rings (SSSR count). The maximum absolute atomic E-state index is 10.6. The summed E-state index contributed by atoms with van der Waals surface area (Å²) >= 11 is 1.60. The molecule has 0 bridgehead atoms. The average molecular weight is 498 g/mol. The predicted molar refractivity (Wildman–Crippen MR) is 131 cm³/mol. The number of carboxylic acids is 1. The predicted octanol–water partition coefficient (Wildman–Crippen LogP) is 4.57.